The average molecular weight is 332 g/mol. The number of ether oxygens (including phenoxy) is 2. The zero-order valence-corrected chi connectivity index (χ0v) is 14.2. The van der Waals surface area contributed by atoms with Gasteiger partial charge in [-0.1, -0.05) is 25.1 Å². The van der Waals surface area contributed by atoms with Crippen molar-refractivity contribution in [1.29, 1.82) is 0 Å². The zero-order valence-electron chi connectivity index (χ0n) is 14.2. The molecule has 1 aliphatic carbocycles. The summed E-state index contributed by atoms with van der Waals surface area (Å²) in [6, 6.07) is 6.73. The molecule has 0 heterocycles. The van der Waals surface area contributed by atoms with Gasteiger partial charge < -0.3 is 14.6 Å². The molecule has 1 fully saturated rings. The number of aromatic hydroxyl groups is 1. The Kier molecular flexibility index (Phi) is 5.65. The third-order valence-electron chi connectivity index (χ3n) is 4.31. The minimum atomic E-state index is -0.995. The van der Waals surface area contributed by atoms with E-state index in [-0.39, 0.29) is 11.3 Å². The van der Waals surface area contributed by atoms with E-state index in [0.29, 0.717) is 12.8 Å². The SMILES string of the molecule is C=C(C)C(=O)OC(C)C(=O)OC1(c2ccc(O)cc2)CCCCC1. The molecule has 1 unspecified atom stereocenters. The molecule has 0 bridgehead atoms. The van der Waals surface area contributed by atoms with Crippen molar-refractivity contribution in [1.82, 2.24) is 0 Å². The molecular formula is C19H24O5. The topological polar surface area (TPSA) is 72.8 Å². The standard InChI is InChI=1S/C19H24O5/c1-13(2)17(21)23-14(3)18(22)24-19(11-5-4-6-12-19)15-7-9-16(20)10-8-15/h7-10,14,20H,1,4-6,11-12H2,2-3H3. The van der Waals surface area contributed by atoms with E-state index in [0.717, 1.165) is 24.8 Å². The monoisotopic (exact) mass is 332 g/mol. The number of hydrogen-bond donors (Lipinski definition) is 1. The molecule has 1 aromatic carbocycles. The number of rotatable bonds is 5. The highest BCUT2D eigenvalue weighted by molar-refractivity contribution is 5.89. The first-order valence-corrected chi connectivity index (χ1v) is 8.23. The van der Waals surface area contributed by atoms with Gasteiger partial charge in [0.05, 0.1) is 0 Å². The van der Waals surface area contributed by atoms with Crippen LogP contribution in [0.4, 0.5) is 0 Å². The lowest BCUT2D eigenvalue weighted by Crippen LogP contribution is -2.39. The van der Waals surface area contributed by atoms with E-state index in [4.69, 9.17) is 9.47 Å². The lowest BCUT2D eigenvalue weighted by Gasteiger charge is -2.37. The van der Waals surface area contributed by atoms with Crippen LogP contribution >= 0.6 is 0 Å². The summed E-state index contributed by atoms with van der Waals surface area (Å²) in [7, 11) is 0. The highest BCUT2D eigenvalue weighted by Gasteiger charge is 2.39. The van der Waals surface area contributed by atoms with Gasteiger partial charge in [-0.25, -0.2) is 9.59 Å². The molecule has 24 heavy (non-hydrogen) atoms. The second-order valence-electron chi connectivity index (χ2n) is 6.35. The molecule has 5 heteroatoms. The molecule has 0 saturated heterocycles. The predicted molar refractivity (Wildman–Crippen MR) is 89.3 cm³/mol. The Labute approximate surface area is 142 Å². The van der Waals surface area contributed by atoms with Crippen LogP contribution in [0.3, 0.4) is 0 Å². The van der Waals surface area contributed by atoms with Gasteiger partial charge in [0.25, 0.3) is 0 Å². The van der Waals surface area contributed by atoms with Crippen LogP contribution in [0.2, 0.25) is 0 Å². The number of hydrogen-bond acceptors (Lipinski definition) is 5. The van der Waals surface area contributed by atoms with E-state index in [2.05, 4.69) is 6.58 Å². The van der Waals surface area contributed by atoms with Crippen molar-refractivity contribution in [2.24, 2.45) is 0 Å². The second kappa shape index (κ2) is 7.51. The Morgan fingerprint density at radius 2 is 1.75 bits per heavy atom. The Balaban J connectivity index is 2.16. The van der Waals surface area contributed by atoms with Crippen LogP contribution in [0.1, 0.15) is 51.5 Å². The quantitative estimate of drug-likeness (QED) is 0.659. The van der Waals surface area contributed by atoms with Gasteiger partial charge in [-0.3, -0.25) is 0 Å². The zero-order chi connectivity index (χ0) is 17.7. The summed E-state index contributed by atoms with van der Waals surface area (Å²) in [4.78, 5) is 24.0. The molecule has 130 valence electrons. The minimum Gasteiger partial charge on any atom is -0.508 e. The van der Waals surface area contributed by atoms with Crippen molar-refractivity contribution in [3.63, 3.8) is 0 Å². The summed E-state index contributed by atoms with van der Waals surface area (Å²) in [6.45, 7) is 6.53. The molecule has 0 amide bonds. The van der Waals surface area contributed by atoms with Crippen molar-refractivity contribution < 1.29 is 24.2 Å². The number of benzene rings is 1. The molecule has 0 aromatic heterocycles. The van der Waals surface area contributed by atoms with Gasteiger partial charge in [0.2, 0.25) is 0 Å². The highest BCUT2D eigenvalue weighted by Crippen LogP contribution is 2.41. The van der Waals surface area contributed by atoms with Gasteiger partial charge in [-0.05, 0) is 57.2 Å². The Bertz CT molecular complexity index is 611. The number of phenolic OH excluding ortho intramolecular Hbond substituents is 1. The lowest BCUT2D eigenvalue weighted by atomic mass is 9.79. The summed E-state index contributed by atoms with van der Waals surface area (Å²) in [5.41, 5.74) is 0.361. The van der Waals surface area contributed by atoms with E-state index in [1.165, 1.54) is 13.8 Å². The molecule has 0 radical (unpaired) electrons. The largest absolute Gasteiger partial charge is 0.508 e. The van der Waals surface area contributed by atoms with Crippen LogP contribution < -0.4 is 0 Å². The fourth-order valence-electron chi connectivity index (χ4n) is 2.92. The maximum atomic E-state index is 12.4. The highest BCUT2D eigenvalue weighted by atomic mass is 16.6. The molecule has 2 rings (SSSR count). The molecule has 1 saturated carbocycles. The molecule has 1 atom stereocenters. The molecule has 1 aliphatic rings. The van der Waals surface area contributed by atoms with Gasteiger partial charge in [-0.15, -0.1) is 0 Å². The maximum Gasteiger partial charge on any atom is 0.348 e. The van der Waals surface area contributed by atoms with Gasteiger partial charge in [0, 0.05) is 5.57 Å². The molecule has 1 aromatic rings. The Morgan fingerprint density at radius 1 is 1.17 bits per heavy atom. The van der Waals surface area contributed by atoms with E-state index in [1.54, 1.807) is 24.3 Å². The van der Waals surface area contributed by atoms with Crippen molar-refractivity contribution in [3.8, 4) is 5.75 Å². The smallest absolute Gasteiger partial charge is 0.348 e. The first kappa shape index (κ1) is 18.0. The van der Waals surface area contributed by atoms with Crippen LogP contribution in [0, 0.1) is 0 Å². The summed E-state index contributed by atoms with van der Waals surface area (Å²) in [5, 5.41) is 9.49. The van der Waals surface area contributed by atoms with Gasteiger partial charge in [0.1, 0.15) is 11.4 Å². The summed E-state index contributed by atoms with van der Waals surface area (Å²) < 4.78 is 10.9. The maximum absolute atomic E-state index is 12.4. The van der Waals surface area contributed by atoms with E-state index >= 15 is 0 Å². The molecule has 0 aliphatic heterocycles. The fourth-order valence-corrected chi connectivity index (χ4v) is 2.92. The summed E-state index contributed by atoms with van der Waals surface area (Å²) in [5.74, 6) is -1.01. The first-order chi connectivity index (χ1) is 11.3. The molecule has 0 spiro atoms. The van der Waals surface area contributed by atoms with Crippen molar-refractivity contribution in [2.45, 2.75) is 57.7 Å². The van der Waals surface area contributed by atoms with Crippen molar-refractivity contribution in [2.75, 3.05) is 0 Å². The number of carbonyl (C=O) groups excluding carboxylic acids is 2. The van der Waals surface area contributed by atoms with Crippen LogP contribution in [0.5, 0.6) is 5.75 Å². The van der Waals surface area contributed by atoms with E-state index < -0.39 is 23.6 Å². The van der Waals surface area contributed by atoms with Gasteiger partial charge >= 0.3 is 11.9 Å². The lowest BCUT2D eigenvalue weighted by molar-refractivity contribution is -0.180. The van der Waals surface area contributed by atoms with E-state index in [9.17, 15) is 14.7 Å². The third kappa shape index (κ3) is 4.16. The summed E-state index contributed by atoms with van der Waals surface area (Å²) >= 11 is 0. The summed E-state index contributed by atoms with van der Waals surface area (Å²) in [6.07, 6.45) is 3.43. The van der Waals surface area contributed by atoms with Crippen molar-refractivity contribution >= 4 is 11.9 Å². The first-order valence-electron chi connectivity index (χ1n) is 8.23. The van der Waals surface area contributed by atoms with Crippen LogP contribution in [0.15, 0.2) is 36.4 Å². The Morgan fingerprint density at radius 3 is 2.29 bits per heavy atom. The van der Waals surface area contributed by atoms with Crippen LogP contribution in [-0.4, -0.2) is 23.1 Å². The van der Waals surface area contributed by atoms with Crippen LogP contribution in [-0.2, 0) is 24.7 Å². The Hall–Kier alpha value is -2.30. The molecule has 5 nitrogen and oxygen atoms in total. The predicted octanol–water partition coefficient (Wildman–Crippen LogP) is 3.60. The third-order valence-corrected chi connectivity index (χ3v) is 4.31. The van der Waals surface area contributed by atoms with Gasteiger partial charge in [0.15, 0.2) is 6.10 Å². The minimum absolute atomic E-state index is 0.166. The normalized spacial score (nSPS) is 17.6. The number of carbonyl (C=O) groups is 2. The molecule has 1 N–H and O–H groups in total. The average Bonchev–Trinajstić information content (AvgIpc) is 2.56. The molecular weight excluding hydrogens is 308 g/mol. The fraction of sp³-hybridized carbons (Fsp3) is 0.474. The van der Waals surface area contributed by atoms with E-state index in [1.807, 2.05) is 0 Å². The van der Waals surface area contributed by atoms with Crippen LogP contribution in [0.25, 0.3) is 0 Å². The van der Waals surface area contributed by atoms with Gasteiger partial charge in [-0.2, -0.15) is 0 Å². The number of esters is 2. The number of phenols is 1. The van der Waals surface area contributed by atoms with Crippen molar-refractivity contribution in [3.05, 3.63) is 42.0 Å². The second-order valence-corrected chi connectivity index (χ2v) is 6.35.